The van der Waals surface area contributed by atoms with Crippen LogP contribution >= 0.6 is 0 Å². The number of nitrogens with zero attached hydrogens (tertiary/aromatic N) is 1. The summed E-state index contributed by atoms with van der Waals surface area (Å²) in [6, 6.07) is 25.2. The minimum absolute atomic E-state index is 0.0379. The summed E-state index contributed by atoms with van der Waals surface area (Å²) in [4.78, 5) is 78.9. The molecule has 23 nitrogen and oxygen atoms in total. The number of carbonyl (C=O) groups is 6. The van der Waals surface area contributed by atoms with Crippen LogP contribution in [0.4, 0.5) is 10.5 Å². The maximum atomic E-state index is 13.6. The molecule has 3 rings (SSSR count). The second-order valence-electron chi connectivity index (χ2n) is 21.2. The van der Waals surface area contributed by atoms with Gasteiger partial charge in [0.25, 0.3) is 8.32 Å². The van der Waals surface area contributed by atoms with Crippen molar-refractivity contribution in [2.75, 3.05) is 151 Å². The number of likely N-dealkylation sites (N-methyl/N-ethyl adjacent to an activating group) is 1. The topological polar surface area (TPSA) is 284 Å². The van der Waals surface area contributed by atoms with E-state index < -0.39 is 62.5 Å². The zero-order valence-corrected chi connectivity index (χ0v) is 52.3. The van der Waals surface area contributed by atoms with Gasteiger partial charge in [-0.25, -0.2) is 4.79 Å². The van der Waals surface area contributed by atoms with Crippen molar-refractivity contribution < 1.29 is 75.8 Å². The van der Waals surface area contributed by atoms with E-state index in [9.17, 15) is 28.8 Å². The second kappa shape index (κ2) is 43.7. The zero-order valence-electron chi connectivity index (χ0n) is 51.3. The average molecular weight is 1210 g/mol. The lowest BCUT2D eigenvalue weighted by Crippen LogP contribution is -2.66. The third-order valence-corrected chi connectivity index (χ3v) is 18.0. The predicted molar refractivity (Wildman–Crippen MR) is 326 cm³/mol. The summed E-state index contributed by atoms with van der Waals surface area (Å²) >= 11 is 0. The van der Waals surface area contributed by atoms with Crippen molar-refractivity contribution in [2.24, 2.45) is 11.7 Å². The molecule has 7 amide bonds. The molecule has 0 spiro atoms. The lowest BCUT2D eigenvalue weighted by Gasteiger charge is -2.43. The van der Waals surface area contributed by atoms with E-state index in [4.69, 9.17) is 52.8 Å². The first-order valence-corrected chi connectivity index (χ1v) is 31.4. The normalized spacial score (nSPS) is 12.3. The minimum atomic E-state index is -2.77. The van der Waals surface area contributed by atoms with E-state index in [-0.39, 0.29) is 63.1 Å². The number of carbonyl (C=O) groups excluding carboxylic acids is 6. The largest absolute Gasteiger partial charge is 0.403 e. The number of rotatable bonds is 48. The van der Waals surface area contributed by atoms with Gasteiger partial charge < -0.3 is 84.3 Å². The van der Waals surface area contributed by atoms with E-state index in [1.54, 1.807) is 26.0 Å². The van der Waals surface area contributed by atoms with Crippen molar-refractivity contribution >= 4 is 59.9 Å². The van der Waals surface area contributed by atoms with Crippen LogP contribution < -0.4 is 42.7 Å². The number of hydrogen-bond acceptors (Lipinski definition) is 16. The highest BCUT2D eigenvalue weighted by molar-refractivity contribution is 6.99. The van der Waals surface area contributed by atoms with Crippen LogP contribution in [0.5, 0.6) is 0 Å². The molecule has 24 heteroatoms. The fraction of sp³-hybridized carbons (Fsp3) is 0.607. The van der Waals surface area contributed by atoms with Crippen LogP contribution in [0.15, 0.2) is 84.9 Å². The van der Waals surface area contributed by atoms with Gasteiger partial charge in [0, 0.05) is 32.3 Å². The van der Waals surface area contributed by atoms with Crippen molar-refractivity contribution in [2.45, 2.75) is 91.0 Å². The van der Waals surface area contributed by atoms with Crippen molar-refractivity contribution in [3.63, 3.8) is 0 Å². The molecule has 0 aliphatic carbocycles. The monoisotopic (exact) mass is 1210 g/mol. The second-order valence-corrected chi connectivity index (χ2v) is 25.5. The number of urea groups is 1. The standard InChI is InChI=1S/C61H97N7O16Si/c1-8-27-75-29-31-77-33-35-79-37-39-81-41-43-83-44-42-82-40-38-80-36-34-78-32-30-76-28-25-54(69)67-57(48(2)3)59(73)66-53(20-15-26-63-60(62)74)58(72)64-45-56(71)68(7)46-55(70)65-50-23-21-49(22-24-50)47-84-85(61(4,5)6,51-16-11-9-12-17-51)52-18-13-10-14-19-52/h9-14,16-19,21-24,48,53,57H,8,15,20,25-47H2,1-7H3,(H,64,72)(H,65,70)(H,66,73)(H,67,69)(H3,62,63,74)/t53-,57-/m0/s1. The Morgan fingerprint density at radius 2 is 1.01 bits per heavy atom. The number of benzene rings is 3. The average Bonchev–Trinajstić information content (AvgIpc) is 3.59. The maximum absolute atomic E-state index is 13.6. The van der Waals surface area contributed by atoms with Gasteiger partial charge in [0.05, 0.1) is 132 Å². The Hall–Kier alpha value is -5.90. The Labute approximate surface area is 504 Å². The molecular weight excluding hydrogens is 1110 g/mol. The molecule has 85 heavy (non-hydrogen) atoms. The van der Waals surface area contributed by atoms with Gasteiger partial charge in [-0.3, -0.25) is 24.0 Å². The number of amides is 7. The Morgan fingerprint density at radius 1 is 0.565 bits per heavy atom. The first-order chi connectivity index (χ1) is 41.0. The Morgan fingerprint density at radius 3 is 1.44 bits per heavy atom. The predicted octanol–water partition coefficient (Wildman–Crippen LogP) is 3.30. The van der Waals surface area contributed by atoms with E-state index >= 15 is 0 Å². The third kappa shape index (κ3) is 30.8. The summed E-state index contributed by atoms with van der Waals surface area (Å²) in [5, 5.41) is 15.4. The number of nitrogens with two attached hydrogens (primary N) is 1. The van der Waals surface area contributed by atoms with Crippen molar-refractivity contribution in [3.05, 3.63) is 90.5 Å². The van der Waals surface area contributed by atoms with E-state index in [0.29, 0.717) is 105 Å². The highest BCUT2D eigenvalue weighted by Gasteiger charge is 2.50. The molecule has 476 valence electrons. The van der Waals surface area contributed by atoms with Gasteiger partial charge in [0.15, 0.2) is 0 Å². The lowest BCUT2D eigenvalue weighted by molar-refractivity contribution is -0.135. The molecule has 0 heterocycles. The van der Waals surface area contributed by atoms with Gasteiger partial charge in [-0.15, -0.1) is 0 Å². The number of primary amides is 1. The highest BCUT2D eigenvalue weighted by atomic mass is 28.4. The van der Waals surface area contributed by atoms with E-state index in [1.165, 1.54) is 22.3 Å². The summed E-state index contributed by atoms with van der Waals surface area (Å²) < 4.78 is 56.4. The number of anilines is 1. The molecule has 0 aliphatic heterocycles. The van der Waals surface area contributed by atoms with Crippen LogP contribution in [-0.4, -0.2) is 206 Å². The maximum Gasteiger partial charge on any atom is 0.312 e. The van der Waals surface area contributed by atoms with Crippen LogP contribution in [0.3, 0.4) is 0 Å². The van der Waals surface area contributed by atoms with Crippen LogP contribution in [0.25, 0.3) is 0 Å². The molecule has 3 aromatic rings. The number of hydrogen-bond donors (Lipinski definition) is 6. The third-order valence-electron chi connectivity index (χ3n) is 13.0. The smallest absolute Gasteiger partial charge is 0.312 e. The molecule has 0 aliphatic rings. The molecule has 0 aromatic heterocycles. The number of nitrogens with one attached hydrogen (secondary N) is 5. The van der Waals surface area contributed by atoms with E-state index in [2.05, 4.69) is 78.5 Å². The van der Waals surface area contributed by atoms with Crippen molar-refractivity contribution in [3.8, 4) is 0 Å². The fourth-order valence-corrected chi connectivity index (χ4v) is 13.1. The van der Waals surface area contributed by atoms with Crippen LogP contribution in [0.2, 0.25) is 5.04 Å². The SMILES string of the molecule is CCCOCCOCCOCCOCCOCCOCCOCCOCCOCCC(=O)N[C@H](C(=O)N[C@@H](CCCNC(N)=O)C(=O)NCC(=O)N(C)CC(=O)Nc1ccc(CO[Si](c2ccccc2)(c2ccccc2)C(C)(C)C)cc1)C(C)C. The Bertz CT molecular complexity index is 2280. The summed E-state index contributed by atoms with van der Waals surface area (Å²) in [6.45, 7) is 19.7. The Kier molecular flexibility index (Phi) is 37.7. The Balaban J connectivity index is 1.31. The molecule has 0 bridgehead atoms. The summed E-state index contributed by atoms with van der Waals surface area (Å²) in [6.07, 6.45) is 1.26. The van der Waals surface area contributed by atoms with Gasteiger partial charge >= 0.3 is 6.03 Å². The molecule has 7 N–H and O–H groups in total. The molecule has 2 atom stereocenters. The summed E-state index contributed by atoms with van der Waals surface area (Å²) in [7, 11) is -1.34. The van der Waals surface area contributed by atoms with Gasteiger partial charge in [-0.05, 0) is 58.3 Å². The zero-order chi connectivity index (χ0) is 62.0. The molecule has 3 aromatic carbocycles. The van der Waals surface area contributed by atoms with E-state index in [1.807, 2.05) is 48.5 Å². The van der Waals surface area contributed by atoms with Crippen LogP contribution in [0.1, 0.15) is 72.8 Å². The van der Waals surface area contributed by atoms with Gasteiger partial charge in [-0.2, -0.15) is 0 Å². The lowest BCUT2D eigenvalue weighted by atomic mass is 10.0. The highest BCUT2D eigenvalue weighted by Crippen LogP contribution is 2.37. The molecular formula is C61H97N7O16Si. The van der Waals surface area contributed by atoms with Crippen molar-refractivity contribution in [1.29, 1.82) is 0 Å². The minimum Gasteiger partial charge on any atom is -0.403 e. The molecule has 0 radical (unpaired) electrons. The molecule has 0 saturated heterocycles. The van der Waals surface area contributed by atoms with Crippen LogP contribution in [0, 0.1) is 5.92 Å². The summed E-state index contributed by atoms with van der Waals surface area (Å²) in [5.74, 6) is -3.14. The van der Waals surface area contributed by atoms with Crippen LogP contribution in [-0.2, 0) is 77.6 Å². The molecule has 0 unspecified atom stereocenters. The fourth-order valence-electron chi connectivity index (χ4n) is 8.56. The summed E-state index contributed by atoms with van der Waals surface area (Å²) in [5.41, 5.74) is 6.66. The molecule has 0 fully saturated rings. The number of ether oxygens (including phenoxy) is 9. The van der Waals surface area contributed by atoms with Gasteiger partial charge in [-0.1, -0.05) is 114 Å². The first kappa shape index (κ1) is 73.4. The van der Waals surface area contributed by atoms with Gasteiger partial charge in [0.2, 0.25) is 29.5 Å². The molecule has 0 saturated carbocycles. The van der Waals surface area contributed by atoms with Crippen molar-refractivity contribution in [1.82, 2.24) is 26.2 Å². The van der Waals surface area contributed by atoms with E-state index in [0.717, 1.165) is 18.6 Å². The first-order valence-electron chi connectivity index (χ1n) is 29.5. The quantitative estimate of drug-likeness (QED) is 0.0349. The van der Waals surface area contributed by atoms with Gasteiger partial charge in [0.1, 0.15) is 12.1 Å².